The largest absolute Gasteiger partial charge is 0.455 e. The lowest BCUT2D eigenvalue weighted by atomic mass is 10.1. The molecule has 0 N–H and O–H groups in total. The number of rotatable bonds is 1. The van der Waals surface area contributed by atoms with Gasteiger partial charge in [0.25, 0.3) is 0 Å². The first kappa shape index (κ1) is 9.48. The standard InChI is InChI=1S/C20H13NOS/c1-12-9-13-10-18-16(11-19(13)23-12)14-5-4-6-15(20(14)22-18)17-7-2-3-8-21-17/h2-11H,1H3/i2D,3D,7D,8D. The topological polar surface area (TPSA) is 26.0 Å². The molecule has 2 nitrogen and oxygen atoms in total. The lowest BCUT2D eigenvalue weighted by Crippen LogP contribution is -1.81. The number of pyridine rings is 1. The zero-order chi connectivity index (χ0) is 18.9. The Balaban J connectivity index is 1.87. The summed E-state index contributed by atoms with van der Waals surface area (Å²) in [7, 11) is 0. The normalized spacial score (nSPS) is 14.1. The molecule has 0 saturated heterocycles. The smallest absolute Gasteiger partial charge is 0.144 e. The first-order valence-electron chi connectivity index (χ1n) is 9.24. The number of aryl methyl sites for hydroxylation is 1. The van der Waals surface area contributed by atoms with Crippen molar-refractivity contribution < 1.29 is 9.90 Å². The number of fused-ring (bicyclic) bond motifs is 4. The van der Waals surface area contributed by atoms with Gasteiger partial charge in [-0.1, -0.05) is 18.2 Å². The number of furan rings is 1. The van der Waals surface area contributed by atoms with Crippen LogP contribution in [0.3, 0.4) is 0 Å². The van der Waals surface area contributed by atoms with E-state index in [9.17, 15) is 0 Å². The van der Waals surface area contributed by atoms with Crippen molar-refractivity contribution in [1.82, 2.24) is 4.98 Å². The quantitative estimate of drug-likeness (QED) is 0.369. The number of aromatic nitrogens is 1. The maximum Gasteiger partial charge on any atom is 0.144 e. The van der Waals surface area contributed by atoms with E-state index in [1.807, 2.05) is 18.2 Å². The van der Waals surface area contributed by atoms with Crippen LogP contribution in [0.25, 0.3) is 43.3 Å². The lowest BCUT2D eigenvalue weighted by Gasteiger charge is -2.00. The molecule has 0 spiro atoms. The van der Waals surface area contributed by atoms with E-state index >= 15 is 0 Å². The van der Waals surface area contributed by atoms with Crippen molar-refractivity contribution in [3.05, 3.63) is 65.6 Å². The monoisotopic (exact) mass is 319 g/mol. The summed E-state index contributed by atoms with van der Waals surface area (Å²) in [6.45, 7) is 2.08. The third-order valence-electron chi connectivity index (χ3n) is 3.98. The molecule has 3 heteroatoms. The van der Waals surface area contributed by atoms with Crippen LogP contribution in [0.5, 0.6) is 0 Å². The van der Waals surface area contributed by atoms with Crippen LogP contribution in [0.2, 0.25) is 0 Å². The fourth-order valence-corrected chi connectivity index (χ4v) is 3.95. The Morgan fingerprint density at radius 3 is 3.04 bits per heavy atom. The summed E-state index contributed by atoms with van der Waals surface area (Å²) in [6.07, 6.45) is -0.310. The van der Waals surface area contributed by atoms with Gasteiger partial charge in [0.15, 0.2) is 0 Å². The van der Waals surface area contributed by atoms with E-state index in [0.29, 0.717) is 11.1 Å². The molecule has 23 heavy (non-hydrogen) atoms. The maximum atomic E-state index is 8.20. The van der Waals surface area contributed by atoms with E-state index in [2.05, 4.69) is 24.0 Å². The highest BCUT2D eigenvalue weighted by atomic mass is 32.1. The predicted octanol–water partition coefficient (Wildman–Crippen LogP) is 6.17. The Labute approximate surface area is 142 Å². The number of hydrogen-bond donors (Lipinski definition) is 0. The summed E-state index contributed by atoms with van der Waals surface area (Å²) in [5, 5.41) is 3.03. The van der Waals surface area contributed by atoms with Crippen molar-refractivity contribution in [3.8, 4) is 11.3 Å². The summed E-state index contributed by atoms with van der Waals surface area (Å²) < 4.78 is 39.0. The number of para-hydroxylation sites is 1. The van der Waals surface area contributed by atoms with Gasteiger partial charge in [0.1, 0.15) is 11.2 Å². The molecule has 0 fully saturated rings. The fourth-order valence-electron chi connectivity index (χ4n) is 3.01. The highest BCUT2D eigenvalue weighted by molar-refractivity contribution is 7.19. The molecule has 3 heterocycles. The summed E-state index contributed by atoms with van der Waals surface area (Å²) in [6, 6.07) is 11.1. The molecule has 5 aromatic rings. The molecular formula is C20H13NOS. The molecule has 0 unspecified atom stereocenters. The first-order chi connectivity index (χ1) is 12.9. The molecule has 5 rings (SSSR count). The third kappa shape index (κ3) is 1.90. The van der Waals surface area contributed by atoms with Crippen LogP contribution >= 0.6 is 11.3 Å². The average molecular weight is 319 g/mol. The third-order valence-corrected chi connectivity index (χ3v) is 4.99. The molecular weight excluding hydrogens is 302 g/mol. The van der Waals surface area contributed by atoms with Gasteiger partial charge in [-0.25, -0.2) is 0 Å². The van der Waals surface area contributed by atoms with Crippen molar-refractivity contribution >= 4 is 43.4 Å². The molecule has 0 atom stereocenters. The molecule has 0 bridgehead atoms. The van der Waals surface area contributed by atoms with E-state index in [0.717, 1.165) is 21.7 Å². The second-order valence-corrected chi connectivity index (χ2v) is 6.76. The zero-order valence-electron chi connectivity index (χ0n) is 16.2. The number of thiophene rings is 1. The molecule has 0 amide bonds. The maximum absolute atomic E-state index is 8.20. The van der Waals surface area contributed by atoms with Crippen molar-refractivity contribution in [3.63, 3.8) is 0 Å². The number of hydrogen-bond acceptors (Lipinski definition) is 3. The van der Waals surface area contributed by atoms with Gasteiger partial charge in [0.05, 0.1) is 11.2 Å². The molecule has 2 aromatic carbocycles. The molecule has 0 radical (unpaired) electrons. The second kappa shape index (κ2) is 4.67. The van der Waals surface area contributed by atoms with Gasteiger partial charge >= 0.3 is 0 Å². The lowest BCUT2D eigenvalue weighted by molar-refractivity contribution is 0.670. The van der Waals surface area contributed by atoms with Crippen LogP contribution in [0.15, 0.2) is 65.1 Å². The van der Waals surface area contributed by atoms with Crippen LogP contribution in [-0.2, 0) is 0 Å². The van der Waals surface area contributed by atoms with Gasteiger partial charge in [-0.3, -0.25) is 4.98 Å². The van der Waals surface area contributed by atoms with Gasteiger partial charge in [0, 0.05) is 32.1 Å². The van der Waals surface area contributed by atoms with Gasteiger partial charge in [-0.05, 0) is 48.7 Å². The predicted molar refractivity (Wildman–Crippen MR) is 97.1 cm³/mol. The molecule has 110 valence electrons. The van der Waals surface area contributed by atoms with Crippen LogP contribution in [-0.4, -0.2) is 4.98 Å². The van der Waals surface area contributed by atoms with Crippen LogP contribution < -0.4 is 0 Å². The van der Waals surface area contributed by atoms with E-state index in [1.54, 1.807) is 17.4 Å². The number of benzene rings is 2. The second-order valence-electron chi connectivity index (χ2n) is 5.47. The van der Waals surface area contributed by atoms with E-state index in [-0.39, 0.29) is 30.0 Å². The Hall–Kier alpha value is -2.65. The van der Waals surface area contributed by atoms with Gasteiger partial charge < -0.3 is 4.42 Å². The van der Waals surface area contributed by atoms with E-state index in [4.69, 9.17) is 9.90 Å². The van der Waals surface area contributed by atoms with Crippen LogP contribution in [0, 0.1) is 6.92 Å². The van der Waals surface area contributed by atoms with Crippen LogP contribution in [0.1, 0.15) is 10.4 Å². The van der Waals surface area contributed by atoms with Crippen molar-refractivity contribution in [1.29, 1.82) is 0 Å². The minimum atomic E-state index is -0.337. The molecule has 3 aromatic heterocycles. The van der Waals surface area contributed by atoms with E-state index in [1.165, 1.54) is 9.58 Å². The van der Waals surface area contributed by atoms with Gasteiger partial charge in [0.2, 0.25) is 0 Å². The SMILES string of the molecule is [2H]c1nc(-c2cccc3c2oc2cc4cc(C)sc4cc23)c([2H])c([2H])c1[2H]. The summed E-state index contributed by atoms with van der Waals surface area (Å²) in [4.78, 5) is 5.34. The summed E-state index contributed by atoms with van der Waals surface area (Å²) in [5.41, 5.74) is 2.10. The highest BCUT2D eigenvalue weighted by Crippen LogP contribution is 2.38. The van der Waals surface area contributed by atoms with Crippen molar-refractivity contribution in [2.75, 3.05) is 0 Å². The Morgan fingerprint density at radius 2 is 2.09 bits per heavy atom. The fraction of sp³-hybridized carbons (Fsp3) is 0.0500. The molecule has 0 aliphatic rings. The Bertz CT molecular complexity index is 1390. The number of nitrogens with zero attached hydrogens (tertiary/aromatic N) is 1. The van der Waals surface area contributed by atoms with Crippen molar-refractivity contribution in [2.24, 2.45) is 0 Å². The summed E-state index contributed by atoms with van der Waals surface area (Å²) in [5.74, 6) is 0. The van der Waals surface area contributed by atoms with Crippen molar-refractivity contribution in [2.45, 2.75) is 6.92 Å². The Morgan fingerprint density at radius 1 is 1.13 bits per heavy atom. The highest BCUT2D eigenvalue weighted by Gasteiger charge is 2.14. The zero-order valence-corrected chi connectivity index (χ0v) is 13.0. The summed E-state index contributed by atoms with van der Waals surface area (Å²) >= 11 is 1.73. The van der Waals surface area contributed by atoms with Gasteiger partial charge in [-0.15, -0.1) is 11.3 Å². The molecule has 0 aliphatic carbocycles. The average Bonchev–Trinajstić information content (AvgIpc) is 3.19. The minimum absolute atomic E-state index is 0.166. The molecule has 0 saturated carbocycles. The Kier molecular flexibility index (Phi) is 1.93. The molecule has 0 aliphatic heterocycles. The minimum Gasteiger partial charge on any atom is -0.455 e. The van der Waals surface area contributed by atoms with Crippen LogP contribution in [0.4, 0.5) is 0 Å². The van der Waals surface area contributed by atoms with E-state index < -0.39 is 0 Å². The first-order valence-corrected chi connectivity index (χ1v) is 8.06. The van der Waals surface area contributed by atoms with Gasteiger partial charge in [-0.2, -0.15) is 0 Å².